The molecule has 5 heteroatoms. The average molecular weight is 376 g/mol. The van der Waals surface area contributed by atoms with Crippen LogP contribution in [0.25, 0.3) is 11.0 Å². The van der Waals surface area contributed by atoms with Crippen LogP contribution < -0.4 is 15.1 Å². The number of phenolic OH excluding ortho intramolecular Hbond substituents is 1. The number of benzene rings is 1. The molecule has 0 unspecified atom stereocenters. The Bertz CT molecular complexity index is 763. The summed E-state index contributed by atoms with van der Waals surface area (Å²) in [7, 11) is 0. The number of hydrogen-bond donors (Lipinski definition) is 1. The van der Waals surface area contributed by atoms with Crippen LogP contribution in [0.3, 0.4) is 0 Å². The maximum absolute atomic E-state index is 12.3. The van der Waals surface area contributed by atoms with Crippen molar-refractivity contribution >= 4 is 11.0 Å². The maximum atomic E-state index is 12.3. The second-order valence-corrected chi connectivity index (χ2v) is 7.22. The highest BCUT2D eigenvalue weighted by atomic mass is 16.5. The highest BCUT2D eigenvalue weighted by Gasteiger charge is 2.19. The van der Waals surface area contributed by atoms with Crippen LogP contribution in [-0.2, 0) is 0 Å². The van der Waals surface area contributed by atoms with Crippen LogP contribution in [0.15, 0.2) is 27.4 Å². The fourth-order valence-corrected chi connectivity index (χ4v) is 3.04. The normalized spacial score (nSPS) is 11.3. The van der Waals surface area contributed by atoms with Gasteiger partial charge in [-0.05, 0) is 32.4 Å². The van der Waals surface area contributed by atoms with E-state index in [0.29, 0.717) is 23.3 Å². The Balaban J connectivity index is 2.01. The summed E-state index contributed by atoms with van der Waals surface area (Å²) in [4.78, 5) is 12.3. The molecule has 5 nitrogen and oxygen atoms in total. The molecule has 1 N–H and O–H groups in total. The monoisotopic (exact) mass is 376 g/mol. The van der Waals surface area contributed by atoms with Gasteiger partial charge >= 0.3 is 5.63 Å². The summed E-state index contributed by atoms with van der Waals surface area (Å²) in [5.74, 6) is 0.540. The van der Waals surface area contributed by atoms with E-state index in [0.717, 1.165) is 12.8 Å². The summed E-state index contributed by atoms with van der Waals surface area (Å²) >= 11 is 0. The van der Waals surface area contributed by atoms with E-state index in [2.05, 4.69) is 6.92 Å². The molecule has 2 rings (SSSR count). The Morgan fingerprint density at radius 2 is 1.67 bits per heavy atom. The first kappa shape index (κ1) is 21.1. The average Bonchev–Trinajstić information content (AvgIpc) is 2.62. The van der Waals surface area contributed by atoms with Crippen molar-refractivity contribution in [3.63, 3.8) is 0 Å². The molecule has 0 aliphatic rings. The third-order valence-corrected chi connectivity index (χ3v) is 4.40. The van der Waals surface area contributed by atoms with Crippen molar-refractivity contribution in [1.82, 2.24) is 0 Å². The van der Waals surface area contributed by atoms with Gasteiger partial charge in [0.05, 0.1) is 18.1 Å². The molecule has 1 aromatic heterocycles. The quantitative estimate of drug-likeness (QED) is 0.374. The molecule has 0 radical (unpaired) electrons. The lowest BCUT2D eigenvalue weighted by Crippen LogP contribution is -2.15. The predicted molar refractivity (Wildman–Crippen MR) is 108 cm³/mol. The largest absolute Gasteiger partial charge is 0.508 e. The van der Waals surface area contributed by atoms with Crippen LogP contribution >= 0.6 is 0 Å². The zero-order valence-electron chi connectivity index (χ0n) is 16.8. The summed E-state index contributed by atoms with van der Waals surface area (Å²) in [6.45, 7) is 6.44. The lowest BCUT2D eigenvalue weighted by molar-refractivity contribution is 0.210. The van der Waals surface area contributed by atoms with Gasteiger partial charge in [-0.25, -0.2) is 4.79 Å². The first-order chi connectivity index (χ1) is 13.0. The van der Waals surface area contributed by atoms with Gasteiger partial charge in [-0.3, -0.25) is 0 Å². The number of unbranched alkanes of at least 4 members (excludes halogenated alkanes) is 7. The van der Waals surface area contributed by atoms with E-state index in [9.17, 15) is 9.90 Å². The van der Waals surface area contributed by atoms with Gasteiger partial charge in [-0.15, -0.1) is 0 Å². The predicted octanol–water partition coefficient (Wildman–Crippen LogP) is 5.81. The van der Waals surface area contributed by atoms with Crippen molar-refractivity contribution in [3.8, 4) is 17.2 Å². The molecule has 0 aliphatic carbocycles. The fraction of sp³-hybridized carbons (Fsp3) is 0.591. The summed E-state index contributed by atoms with van der Waals surface area (Å²) < 4.78 is 16.9. The van der Waals surface area contributed by atoms with Crippen molar-refractivity contribution in [2.24, 2.45) is 0 Å². The topological polar surface area (TPSA) is 68.9 Å². The number of phenols is 1. The second-order valence-electron chi connectivity index (χ2n) is 7.22. The van der Waals surface area contributed by atoms with E-state index >= 15 is 0 Å². The van der Waals surface area contributed by atoms with Gasteiger partial charge in [0.2, 0.25) is 5.75 Å². The molecule has 27 heavy (non-hydrogen) atoms. The van der Waals surface area contributed by atoms with Gasteiger partial charge in [0, 0.05) is 6.07 Å². The smallest absolute Gasteiger partial charge is 0.383 e. The van der Waals surface area contributed by atoms with Crippen molar-refractivity contribution in [2.45, 2.75) is 78.2 Å². The third-order valence-electron chi connectivity index (χ3n) is 4.40. The maximum Gasteiger partial charge on any atom is 0.383 e. The van der Waals surface area contributed by atoms with Crippen LogP contribution in [0.5, 0.6) is 17.2 Å². The van der Waals surface area contributed by atoms with Crippen LogP contribution in [-0.4, -0.2) is 17.8 Å². The number of rotatable bonds is 12. The number of fused-ring (bicyclic) bond motifs is 1. The summed E-state index contributed by atoms with van der Waals surface area (Å²) in [6, 6.07) is 4.65. The fourth-order valence-electron chi connectivity index (χ4n) is 3.04. The van der Waals surface area contributed by atoms with E-state index in [1.807, 2.05) is 13.8 Å². The molecule has 0 saturated carbocycles. The lowest BCUT2D eigenvalue weighted by atomic mass is 10.1. The SMILES string of the molecule is CCCCCCCCCCOc1c(OC(C)C)c(=O)oc2cc(O)ccc12. The zero-order valence-corrected chi connectivity index (χ0v) is 16.8. The molecule has 0 spiro atoms. The van der Waals surface area contributed by atoms with Crippen LogP contribution in [0.2, 0.25) is 0 Å². The highest BCUT2D eigenvalue weighted by molar-refractivity contribution is 5.86. The molecule has 0 bridgehead atoms. The van der Waals surface area contributed by atoms with E-state index < -0.39 is 5.63 Å². The molecule has 1 aromatic carbocycles. The van der Waals surface area contributed by atoms with Gasteiger partial charge in [0.25, 0.3) is 0 Å². The van der Waals surface area contributed by atoms with Crippen LogP contribution in [0.1, 0.15) is 72.1 Å². The van der Waals surface area contributed by atoms with Gasteiger partial charge in [-0.1, -0.05) is 51.9 Å². The Morgan fingerprint density at radius 3 is 2.33 bits per heavy atom. The van der Waals surface area contributed by atoms with E-state index in [1.54, 1.807) is 12.1 Å². The van der Waals surface area contributed by atoms with E-state index in [-0.39, 0.29) is 17.6 Å². The lowest BCUT2D eigenvalue weighted by Gasteiger charge is -2.15. The second kappa shape index (κ2) is 10.9. The molecule has 150 valence electrons. The number of aromatic hydroxyl groups is 1. The summed E-state index contributed by atoms with van der Waals surface area (Å²) in [5, 5.41) is 10.3. The van der Waals surface area contributed by atoms with Crippen molar-refractivity contribution in [2.75, 3.05) is 6.61 Å². The van der Waals surface area contributed by atoms with Crippen molar-refractivity contribution in [3.05, 3.63) is 28.6 Å². The van der Waals surface area contributed by atoms with Crippen LogP contribution in [0.4, 0.5) is 0 Å². The summed E-state index contributed by atoms with van der Waals surface area (Å²) in [6.07, 6.45) is 9.53. The molecular formula is C22H32O5. The molecule has 2 aromatic rings. The van der Waals surface area contributed by atoms with Gasteiger partial charge in [0.15, 0.2) is 5.75 Å². The molecule has 1 heterocycles. The number of hydrogen-bond acceptors (Lipinski definition) is 5. The minimum atomic E-state index is -0.590. The highest BCUT2D eigenvalue weighted by Crippen LogP contribution is 2.35. The summed E-state index contributed by atoms with van der Waals surface area (Å²) in [5.41, 5.74) is -0.297. The molecule has 0 fully saturated rings. The Hall–Kier alpha value is -2.17. The van der Waals surface area contributed by atoms with Gasteiger partial charge < -0.3 is 19.0 Å². The molecule has 0 atom stereocenters. The van der Waals surface area contributed by atoms with Crippen molar-refractivity contribution in [1.29, 1.82) is 0 Å². The van der Waals surface area contributed by atoms with E-state index in [4.69, 9.17) is 13.9 Å². The zero-order chi connectivity index (χ0) is 19.6. The van der Waals surface area contributed by atoms with E-state index in [1.165, 1.54) is 44.6 Å². The molecular weight excluding hydrogens is 344 g/mol. The van der Waals surface area contributed by atoms with Gasteiger partial charge in [-0.2, -0.15) is 0 Å². The first-order valence-electron chi connectivity index (χ1n) is 10.1. The standard InChI is InChI=1S/C22H32O5/c1-4-5-6-7-8-9-10-11-14-25-20-18-13-12-17(23)15-19(18)27-22(24)21(20)26-16(2)3/h12-13,15-16,23H,4-11,14H2,1-3H3. The molecule has 0 aliphatic heterocycles. The first-order valence-corrected chi connectivity index (χ1v) is 10.1. The number of ether oxygens (including phenoxy) is 2. The molecule has 0 saturated heterocycles. The molecule has 0 amide bonds. The Kier molecular flexibility index (Phi) is 8.49. The van der Waals surface area contributed by atoms with Gasteiger partial charge in [0.1, 0.15) is 11.3 Å². The minimum Gasteiger partial charge on any atom is -0.508 e. The van der Waals surface area contributed by atoms with Crippen molar-refractivity contribution < 1.29 is 19.0 Å². The van der Waals surface area contributed by atoms with Crippen LogP contribution in [0, 0.1) is 0 Å². The Labute approximate surface area is 161 Å². The Morgan fingerprint density at radius 1 is 1.00 bits per heavy atom. The minimum absolute atomic E-state index is 0.0391. The third kappa shape index (κ3) is 6.49.